The molecule has 34 heavy (non-hydrogen) atoms. The molecule has 0 spiro atoms. The van der Waals surface area contributed by atoms with Gasteiger partial charge in [0.1, 0.15) is 11.5 Å². The van der Waals surface area contributed by atoms with Gasteiger partial charge in [-0.2, -0.15) is 0 Å². The maximum absolute atomic E-state index is 13.1. The van der Waals surface area contributed by atoms with Crippen LogP contribution in [0.4, 0.5) is 5.69 Å². The molecule has 1 heterocycles. The second-order valence-corrected chi connectivity index (χ2v) is 7.83. The number of carbonyl (C=O) groups is 2. The summed E-state index contributed by atoms with van der Waals surface area (Å²) >= 11 is 0. The van der Waals surface area contributed by atoms with Crippen molar-refractivity contribution >= 4 is 23.1 Å². The lowest BCUT2D eigenvalue weighted by molar-refractivity contribution is -0.384. The number of Topliss-reactive ketones (excluding diaryl/α,β-unsaturated/α-hetero) is 1. The summed E-state index contributed by atoms with van der Waals surface area (Å²) in [4.78, 5) is 40.3. The molecule has 1 amide bonds. The van der Waals surface area contributed by atoms with Gasteiger partial charge in [0.15, 0.2) is 0 Å². The third-order valence-corrected chi connectivity index (χ3v) is 5.95. The Hall–Kier alpha value is -3.72. The fourth-order valence-electron chi connectivity index (χ4n) is 4.06. The van der Waals surface area contributed by atoms with Crippen molar-refractivity contribution in [1.82, 2.24) is 9.80 Å². The van der Waals surface area contributed by atoms with Gasteiger partial charge >= 0.3 is 0 Å². The second-order valence-electron chi connectivity index (χ2n) is 7.83. The van der Waals surface area contributed by atoms with E-state index in [4.69, 9.17) is 4.74 Å². The summed E-state index contributed by atoms with van der Waals surface area (Å²) in [6.45, 7) is 8.76. The minimum absolute atomic E-state index is 0.0393. The van der Waals surface area contributed by atoms with E-state index in [1.807, 2.05) is 20.8 Å². The summed E-state index contributed by atoms with van der Waals surface area (Å²) in [5.74, 6) is -1.17. The fraction of sp³-hybridized carbons (Fsp3) is 0.360. The van der Waals surface area contributed by atoms with E-state index < -0.39 is 22.7 Å². The molecule has 180 valence electrons. The van der Waals surface area contributed by atoms with E-state index in [0.29, 0.717) is 30.0 Å². The van der Waals surface area contributed by atoms with Crippen LogP contribution < -0.4 is 4.74 Å². The molecule has 0 radical (unpaired) electrons. The Balaban J connectivity index is 2.07. The molecule has 3 rings (SSSR count). The van der Waals surface area contributed by atoms with Crippen LogP contribution in [0.3, 0.4) is 0 Å². The maximum Gasteiger partial charge on any atom is 0.295 e. The first-order valence-electron chi connectivity index (χ1n) is 11.3. The molecular formula is C25H29N3O6. The summed E-state index contributed by atoms with van der Waals surface area (Å²) in [7, 11) is 0. The van der Waals surface area contributed by atoms with Crippen molar-refractivity contribution in [2.24, 2.45) is 0 Å². The number of nitro groups is 1. The van der Waals surface area contributed by atoms with Crippen molar-refractivity contribution in [3.05, 3.63) is 75.3 Å². The zero-order chi connectivity index (χ0) is 24.8. The Morgan fingerprint density at radius 3 is 2.21 bits per heavy atom. The Morgan fingerprint density at radius 1 is 1.06 bits per heavy atom. The number of benzene rings is 2. The maximum atomic E-state index is 13.1. The molecule has 2 aromatic carbocycles. The van der Waals surface area contributed by atoms with Crippen molar-refractivity contribution < 1.29 is 24.4 Å². The molecule has 0 bridgehead atoms. The molecule has 1 fully saturated rings. The van der Waals surface area contributed by atoms with Gasteiger partial charge in [0, 0.05) is 30.8 Å². The summed E-state index contributed by atoms with van der Waals surface area (Å²) < 4.78 is 5.43. The summed E-state index contributed by atoms with van der Waals surface area (Å²) in [5.41, 5.74) is 0.742. The number of nitro benzene ring substituents is 1. The van der Waals surface area contributed by atoms with Gasteiger partial charge in [-0.15, -0.1) is 0 Å². The molecular weight excluding hydrogens is 438 g/mol. The predicted molar refractivity (Wildman–Crippen MR) is 128 cm³/mol. The summed E-state index contributed by atoms with van der Waals surface area (Å²) in [5, 5.41) is 22.2. The minimum Gasteiger partial charge on any atom is -0.507 e. The number of ketones is 1. The van der Waals surface area contributed by atoms with Crippen LogP contribution in [0.25, 0.3) is 5.76 Å². The number of hydrogen-bond donors (Lipinski definition) is 1. The quantitative estimate of drug-likeness (QED) is 0.186. The highest BCUT2D eigenvalue weighted by molar-refractivity contribution is 6.46. The Bertz CT molecular complexity index is 1070. The standard InChI is InChI=1S/C25H29N3O6/c1-4-26(5-2)15-16-27-22(17-7-11-19(12-8-17)28(32)33)21(24(30)25(27)31)23(29)18-9-13-20(14-10-18)34-6-3/h7-14,22,29H,4-6,15-16H2,1-3H3/t22-/m0/s1. The van der Waals surface area contributed by atoms with Crippen LogP contribution >= 0.6 is 0 Å². The van der Waals surface area contributed by atoms with Gasteiger partial charge in [0.05, 0.1) is 23.1 Å². The van der Waals surface area contributed by atoms with Crippen molar-refractivity contribution in [3.63, 3.8) is 0 Å². The molecule has 1 saturated heterocycles. The minimum atomic E-state index is -0.858. The van der Waals surface area contributed by atoms with Crippen LogP contribution in [0.5, 0.6) is 5.75 Å². The number of rotatable bonds is 10. The molecule has 0 aromatic heterocycles. The van der Waals surface area contributed by atoms with Gasteiger partial charge in [-0.3, -0.25) is 19.7 Å². The van der Waals surface area contributed by atoms with E-state index >= 15 is 0 Å². The Morgan fingerprint density at radius 2 is 1.68 bits per heavy atom. The number of aliphatic hydroxyl groups is 1. The third kappa shape index (κ3) is 5.09. The van der Waals surface area contributed by atoms with E-state index in [-0.39, 0.29) is 23.6 Å². The summed E-state index contributed by atoms with van der Waals surface area (Å²) in [6.07, 6.45) is 0. The van der Waals surface area contributed by atoms with Crippen LogP contribution in [-0.2, 0) is 9.59 Å². The number of carbonyl (C=O) groups excluding carboxylic acids is 2. The lowest BCUT2D eigenvalue weighted by Gasteiger charge is -2.28. The van der Waals surface area contributed by atoms with Gasteiger partial charge in [-0.1, -0.05) is 13.8 Å². The molecule has 0 aliphatic carbocycles. The van der Waals surface area contributed by atoms with Crippen molar-refractivity contribution in [2.45, 2.75) is 26.8 Å². The average molecular weight is 468 g/mol. The molecule has 9 nitrogen and oxygen atoms in total. The Labute approximate surface area is 198 Å². The Kier molecular flexibility index (Phi) is 8.01. The smallest absolute Gasteiger partial charge is 0.295 e. The molecule has 1 atom stereocenters. The predicted octanol–water partition coefficient (Wildman–Crippen LogP) is 3.76. The molecule has 2 aromatic rings. The highest BCUT2D eigenvalue weighted by Crippen LogP contribution is 2.39. The third-order valence-electron chi connectivity index (χ3n) is 5.95. The largest absolute Gasteiger partial charge is 0.507 e. The average Bonchev–Trinajstić information content (AvgIpc) is 3.10. The van der Waals surface area contributed by atoms with Crippen molar-refractivity contribution in [2.75, 3.05) is 32.8 Å². The van der Waals surface area contributed by atoms with E-state index in [9.17, 15) is 24.8 Å². The highest BCUT2D eigenvalue weighted by atomic mass is 16.6. The lowest BCUT2D eigenvalue weighted by Crippen LogP contribution is -2.38. The van der Waals surface area contributed by atoms with Gasteiger partial charge in [-0.05, 0) is 62.0 Å². The molecule has 1 N–H and O–H groups in total. The highest BCUT2D eigenvalue weighted by Gasteiger charge is 2.46. The number of likely N-dealkylation sites (tertiary alicyclic amines) is 1. The zero-order valence-electron chi connectivity index (χ0n) is 19.6. The van der Waals surface area contributed by atoms with Crippen LogP contribution in [0.1, 0.15) is 37.9 Å². The van der Waals surface area contributed by atoms with Crippen molar-refractivity contribution in [3.8, 4) is 5.75 Å². The van der Waals surface area contributed by atoms with Crippen LogP contribution in [0.15, 0.2) is 54.1 Å². The van der Waals surface area contributed by atoms with E-state index in [0.717, 1.165) is 13.1 Å². The van der Waals surface area contributed by atoms with Crippen LogP contribution in [-0.4, -0.2) is 64.3 Å². The van der Waals surface area contributed by atoms with Crippen LogP contribution in [0, 0.1) is 10.1 Å². The first-order chi connectivity index (χ1) is 16.3. The monoisotopic (exact) mass is 467 g/mol. The summed E-state index contributed by atoms with van der Waals surface area (Å²) in [6, 6.07) is 11.4. The first kappa shape index (κ1) is 24.9. The topological polar surface area (TPSA) is 113 Å². The van der Waals surface area contributed by atoms with Gasteiger partial charge < -0.3 is 19.6 Å². The fourth-order valence-corrected chi connectivity index (χ4v) is 4.06. The molecule has 0 saturated carbocycles. The number of ether oxygens (including phenoxy) is 1. The van der Waals surface area contributed by atoms with Crippen LogP contribution in [0.2, 0.25) is 0 Å². The number of non-ortho nitro benzene ring substituents is 1. The molecule has 1 aliphatic heterocycles. The molecule has 1 aliphatic rings. The van der Waals surface area contributed by atoms with Gasteiger partial charge in [0.25, 0.3) is 17.4 Å². The lowest BCUT2D eigenvalue weighted by atomic mass is 9.95. The number of nitrogens with zero attached hydrogens (tertiary/aromatic N) is 3. The van der Waals surface area contributed by atoms with E-state index in [1.54, 1.807) is 24.3 Å². The van der Waals surface area contributed by atoms with Gasteiger partial charge in [-0.25, -0.2) is 0 Å². The number of aliphatic hydroxyl groups excluding tert-OH is 1. The first-order valence-corrected chi connectivity index (χ1v) is 11.3. The normalized spacial score (nSPS) is 17.4. The van der Waals surface area contributed by atoms with Gasteiger partial charge in [0.2, 0.25) is 0 Å². The van der Waals surface area contributed by atoms with E-state index in [2.05, 4.69) is 4.90 Å². The number of hydrogen-bond acceptors (Lipinski definition) is 7. The molecule has 9 heteroatoms. The van der Waals surface area contributed by atoms with E-state index in [1.165, 1.54) is 29.2 Å². The zero-order valence-corrected chi connectivity index (χ0v) is 19.6. The van der Waals surface area contributed by atoms with Crippen molar-refractivity contribution in [1.29, 1.82) is 0 Å². The number of likely N-dealkylation sites (N-methyl/N-ethyl adjacent to an activating group) is 1. The molecule has 0 unspecified atom stereocenters. The SMILES string of the molecule is CCOc1ccc(C(O)=C2C(=O)C(=O)N(CCN(CC)CC)[C@H]2c2ccc([N+](=O)[O-])cc2)cc1. The second kappa shape index (κ2) is 10.9. The number of amides is 1.